The van der Waals surface area contributed by atoms with Gasteiger partial charge in [0.15, 0.2) is 5.69 Å². The van der Waals surface area contributed by atoms with Gasteiger partial charge in [0.25, 0.3) is 11.8 Å². The molecule has 1 aromatic heterocycles. The van der Waals surface area contributed by atoms with E-state index in [1.54, 1.807) is 7.11 Å². The lowest BCUT2D eigenvalue weighted by molar-refractivity contribution is 0.0911. The van der Waals surface area contributed by atoms with Gasteiger partial charge in [0.2, 0.25) is 0 Å². The quantitative estimate of drug-likeness (QED) is 0.599. The normalized spacial score (nSPS) is 10.3. The number of ether oxygens (including phenoxy) is 1. The Balaban J connectivity index is 1.61. The first-order chi connectivity index (χ1) is 13.2. The van der Waals surface area contributed by atoms with Gasteiger partial charge in [0.1, 0.15) is 11.4 Å². The summed E-state index contributed by atoms with van der Waals surface area (Å²) in [5.74, 6) is -0.101. The van der Waals surface area contributed by atoms with E-state index in [1.165, 1.54) is 6.33 Å². The van der Waals surface area contributed by atoms with Crippen LogP contribution in [0.5, 0.6) is 5.75 Å². The van der Waals surface area contributed by atoms with Crippen molar-refractivity contribution in [3.8, 4) is 5.75 Å². The maximum Gasteiger partial charge on any atom is 0.272 e. The molecule has 0 radical (unpaired) electrons. The van der Waals surface area contributed by atoms with E-state index in [1.807, 2.05) is 54.6 Å². The van der Waals surface area contributed by atoms with Crippen LogP contribution in [-0.4, -0.2) is 28.9 Å². The Morgan fingerprint density at radius 2 is 1.67 bits per heavy atom. The van der Waals surface area contributed by atoms with Gasteiger partial charge in [-0.2, -0.15) is 0 Å². The molecule has 0 aliphatic heterocycles. The molecule has 1 heterocycles. The number of aromatic nitrogens is 2. The number of hydrogen-bond acceptors (Lipinski definition) is 4. The zero-order valence-corrected chi connectivity index (χ0v) is 14.9. The number of nitrogens with zero attached hydrogens (tertiary/aromatic N) is 1. The molecule has 0 unspecified atom stereocenters. The van der Waals surface area contributed by atoms with E-state index in [9.17, 15) is 9.59 Å². The molecular weight excluding hydrogens is 344 g/mol. The van der Waals surface area contributed by atoms with E-state index in [4.69, 9.17) is 4.74 Å². The Hall–Kier alpha value is -3.61. The minimum Gasteiger partial charge on any atom is -0.497 e. The molecule has 7 heteroatoms. The average Bonchev–Trinajstić information content (AvgIpc) is 3.21. The van der Waals surface area contributed by atoms with Gasteiger partial charge in [0, 0.05) is 13.1 Å². The third kappa shape index (κ3) is 4.72. The number of amides is 2. The molecule has 0 fully saturated rings. The molecule has 138 valence electrons. The molecule has 27 heavy (non-hydrogen) atoms. The number of hydrogen-bond donors (Lipinski definition) is 3. The zero-order chi connectivity index (χ0) is 19.1. The van der Waals surface area contributed by atoms with Crippen molar-refractivity contribution in [2.75, 3.05) is 7.11 Å². The molecule has 0 atom stereocenters. The molecule has 2 aromatic carbocycles. The van der Waals surface area contributed by atoms with Crippen LogP contribution >= 0.6 is 0 Å². The number of imidazole rings is 1. The van der Waals surface area contributed by atoms with E-state index in [0.29, 0.717) is 18.8 Å². The average molecular weight is 364 g/mol. The first kappa shape index (κ1) is 18.2. The highest BCUT2D eigenvalue weighted by Gasteiger charge is 2.20. The predicted octanol–water partition coefficient (Wildman–Crippen LogP) is 2.28. The van der Waals surface area contributed by atoms with Crippen molar-refractivity contribution >= 4 is 11.8 Å². The highest BCUT2D eigenvalue weighted by atomic mass is 16.5. The summed E-state index contributed by atoms with van der Waals surface area (Å²) in [6.45, 7) is 0.664. The van der Waals surface area contributed by atoms with Crippen molar-refractivity contribution < 1.29 is 14.3 Å². The van der Waals surface area contributed by atoms with Gasteiger partial charge in [-0.25, -0.2) is 4.98 Å². The van der Waals surface area contributed by atoms with Crippen LogP contribution in [0.1, 0.15) is 32.1 Å². The van der Waals surface area contributed by atoms with Crippen LogP contribution in [0.3, 0.4) is 0 Å². The number of H-pyrrole nitrogens is 1. The Kier molecular flexibility index (Phi) is 5.84. The molecule has 7 nitrogen and oxygen atoms in total. The standard InChI is InChI=1S/C20H20N4O3/c1-27-16-9-5-8-15(10-16)12-22-20(26)18-17(23-13-24-18)19(25)21-11-14-6-3-2-4-7-14/h2-10,13H,11-12H2,1H3,(H,21,25)(H,22,26)(H,23,24). The van der Waals surface area contributed by atoms with Crippen LogP contribution in [0.15, 0.2) is 60.9 Å². The van der Waals surface area contributed by atoms with Crippen molar-refractivity contribution in [1.82, 2.24) is 20.6 Å². The van der Waals surface area contributed by atoms with Gasteiger partial charge in [-0.15, -0.1) is 0 Å². The number of methoxy groups -OCH3 is 1. The summed E-state index contributed by atoms with van der Waals surface area (Å²) in [4.78, 5) is 31.5. The largest absolute Gasteiger partial charge is 0.497 e. The SMILES string of the molecule is COc1cccc(CNC(=O)c2[nH]cnc2C(=O)NCc2ccccc2)c1. The fourth-order valence-corrected chi connectivity index (χ4v) is 2.55. The highest BCUT2D eigenvalue weighted by molar-refractivity contribution is 6.04. The maximum absolute atomic E-state index is 12.4. The second-order valence-corrected chi connectivity index (χ2v) is 5.83. The number of benzene rings is 2. The molecule has 0 aliphatic rings. The summed E-state index contributed by atoms with van der Waals surface area (Å²) < 4.78 is 5.17. The second kappa shape index (κ2) is 8.66. The molecule has 0 saturated heterocycles. The van der Waals surface area contributed by atoms with E-state index < -0.39 is 11.8 Å². The summed E-state index contributed by atoms with van der Waals surface area (Å²) in [6, 6.07) is 16.9. The molecule has 0 saturated carbocycles. The van der Waals surface area contributed by atoms with Crippen LogP contribution in [-0.2, 0) is 13.1 Å². The number of carbonyl (C=O) groups excluding carboxylic acids is 2. The van der Waals surface area contributed by atoms with Crippen molar-refractivity contribution in [1.29, 1.82) is 0 Å². The Morgan fingerprint density at radius 3 is 2.44 bits per heavy atom. The molecule has 3 N–H and O–H groups in total. The topological polar surface area (TPSA) is 96.1 Å². The van der Waals surface area contributed by atoms with Crippen molar-refractivity contribution in [2.45, 2.75) is 13.1 Å². The number of nitrogens with one attached hydrogen (secondary N) is 3. The lowest BCUT2D eigenvalue weighted by atomic mass is 10.2. The van der Waals surface area contributed by atoms with E-state index >= 15 is 0 Å². The van der Waals surface area contributed by atoms with Gasteiger partial charge in [-0.3, -0.25) is 9.59 Å². The smallest absolute Gasteiger partial charge is 0.272 e. The Labute approximate surface area is 156 Å². The summed E-state index contributed by atoms with van der Waals surface area (Å²) in [6.07, 6.45) is 1.33. The lowest BCUT2D eigenvalue weighted by Crippen LogP contribution is -2.29. The van der Waals surface area contributed by atoms with Crippen molar-refractivity contribution in [3.05, 3.63) is 83.4 Å². The number of rotatable bonds is 7. The number of aromatic amines is 1. The van der Waals surface area contributed by atoms with Gasteiger partial charge in [0.05, 0.1) is 13.4 Å². The van der Waals surface area contributed by atoms with Crippen molar-refractivity contribution in [2.24, 2.45) is 0 Å². The third-order valence-corrected chi connectivity index (χ3v) is 3.96. The van der Waals surface area contributed by atoms with Gasteiger partial charge >= 0.3 is 0 Å². The van der Waals surface area contributed by atoms with Gasteiger partial charge < -0.3 is 20.4 Å². The predicted molar refractivity (Wildman–Crippen MR) is 100 cm³/mol. The summed E-state index contributed by atoms with van der Waals surface area (Å²) in [5, 5.41) is 5.54. The summed E-state index contributed by atoms with van der Waals surface area (Å²) >= 11 is 0. The molecule has 0 bridgehead atoms. The first-order valence-corrected chi connectivity index (χ1v) is 8.44. The monoisotopic (exact) mass is 364 g/mol. The summed E-state index contributed by atoms with van der Waals surface area (Å²) in [5.41, 5.74) is 2.04. The minimum atomic E-state index is -0.411. The number of carbonyl (C=O) groups is 2. The Morgan fingerprint density at radius 1 is 0.963 bits per heavy atom. The molecule has 2 amide bonds. The van der Waals surface area contributed by atoms with E-state index in [0.717, 1.165) is 11.1 Å². The zero-order valence-electron chi connectivity index (χ0n) is 14.9. The summed E-state index contributed by atoms with van der Waals surface area (Å²) in [7, 11) is 1.59. The second-order valence-electron chi connectivity index (χ2n) is 5.83. The fourth-order valence-electron chi connectivity index (χ4n) is 2.55. The van der Waals surface area contributed by atoms with Crippen LogP contribution < -0.4 is 15.4 Å². The van der Waals surface area contributed by atoms with Crippen molar-refractivity contribution in [3.63, 3.8) is 0 Å². The fraction of sp³-hybridized carbons (Fsp3) is 0.150. The molecule has 0 aliphatic carbocycles. The minimum absolute atomic E-state index is 0.0640. The van der Waals surface area contributed by atoms with E-state index in [2.05, 4.69) is 20.6 Å². The third-order valence-electron chi connectivity index (χ3n) is 3.96. The van der Waals surface area contributed by atoms with Crippen LogP contribution in [0.2, 0.25) is 0 Å². The van der Waals surface area contributed by atoms with Gasteiger partial charge in [-0.1, -0.05) is 42.5 Å². The highest BCUT2D eigenvalue weighted by Crippen LogP contribution is 2.12. The van der Waals surface area contributed by atoms with E-state index in [-0.39, 0.29) is 11.4 Å². The molecular formula is C20H20N4O3. The van der Waals surface area contributed by atoms with Crippen LogP contribution in [0.25, 0.3) is 0 Å². The van der Waals surface area contributed by atoms with Gasteiger partial charge in [-0.05, 0) is 23.3 Å². The molecule has 3 rings (SSSR count). The molecule has 0 spiro atoms. The molecule has 3 aromatic rings. The first-order valence-electron chi connectivity index (χ1n) is 8.44. The maximum atomic E-state index is 12.4. The van der Waals surface area contributed by atoms with Crippen LogP contribution in [0, 0.1) is 0 Å². The van der Waals surface area contributed by atoms with Crippen LogP contribution in [0.4, 0.5) is 0 Å². The lowest BCUT2D eigenvalue weighted by Gasteiger charge is -2.08. The Bertz CT molecular complexity index is 922.